The van der Waals surface area contributed by atoms with Gasteiger partial charge in [0.05, 0.1) is 19.4 Å². The second-order valence-corrected chi connectivity index (χ2v) is 7.74. The van der Waals surface area contributed by atoms with E-state index in [4.69, 9.17) is 15.0 Å². The van der Waals surface area contributed by atoms with Crippen LogP contribution in [0.2, 0.25) is 0 Å². The van der Waals surface area contributed by atoms with Crippen molar-refractivity contribution in [3.05, 3.63) is 24.2 Å². The fourth-order valence-corrected chi connectivity index (χ4v) is 4.03. The molecular formula is C16H21N6O7P. The second kappa shape index (κ2) is 8.65. The monoisotopic (exact) mass is 440 g/mol. The number of ether oxygens (including phenoxy) is 2. The van der Waals surface area contributed by atoms with Crippen molar-refractivity contribution in [1.29, 1.82) is 5.26 Å². The number of nitrogens with one attached hydrogen (secondary N) is 1. The summed E-state index contributed by atoms with van der Waals surface area (Å²) in [4.78, 5) is 15.2. The summed E-state index contributed by atoms with van der Waals surface area (Å²) in [6.07, 6.45) is -3.19. The van der Waals surface area contributed by atoms with Gasteiger partial charge in [-0.3, -0.25) is 9.36 Å². The Morgan fingerprint density at radius 2 is 2.30 bits per heavy atom. The molecule has 0 aliphatic carbocycles. The highest BCUT2D eigenvalue weighted by Gasteiger charge is 2.57. The van der Waals surface area contributed by atoms with Crippen molar-refractivity contribution in [2.45, 2.75) is 36.9 Å². The highest BCUT2D eigenvalue weighted by atomic mass is 31.1. The lowest BCUT2D eigenvalue weighted by molar-refractivity contribution is -0.142. The van der Waals surface area contributed by atoms with Crippen LogP contribution in [0.3, 0.4) is 0 Å². The van der Waals surface area contributed by atoms with Crippen LogP contribution in [0.5, 0.6) is 0 Å². The normalized spacial score (nSPS) is 28.2. The summed E-state index contributed by atoms with van der Waals surface area (Å²) in [6.45, 7) is 1.02. The Kier molecular flexibility index (Phi) is 6.37. The molecule has 2 aromatic rings. The van der Waals surface area contributed by atoms with Crippen LogP contribution in [0.4, 0.5) is 5.82 Å². The molecule has 3 rings (SSSR count). The van der Waals surface area contributed by atoms with Gasteiger partial charge >= 0.3 is 5.97 Å². The Bertz CT molecular complexity index is 1010. The Labute approximate surface area is 171 Å². The number of nitriles is 1. The van der Waals surface area contributed by atoms with E-state index in [-0.39, 0.29) is 11.5 Å². The maximum atomic E-state index is 12.0. The van der Waals surface area contributed by atoms with Crippen LogP contribution in [-0.2, 0) is 29.0 Å². The molecule has 1 aliphatic rings. The maximum Gasteiger partial charge on any atom is 0.322 e. The van der Waals surface area contributed by atoms with Crippen molar-refractivity contribution in [2.24, 2.45) is 0 Å². The topological polar surface area (TPSA) is 194 Å². The van der Waals surface area contributed by atoms with Crippen molar-refractivity contribution in [3.8, 4) is 6.07 Å². The molecule has 1 unspecified atom stereocenters. The van der Waals surface area contributed by atoms with Crippen LogP contribution in [0.25, 0.3) is 5.52 Å². The van der Waals surface area contributed by atoms with Gasteiger partial charge in [-0.25, -0.2) is 14.6 Å². The number of nitrogens with two attached hydrogens (primary N) is 1. The van der Waals surface area contributed by atoms with Crippen molar-refractivity contribution in [3.63, 3.8) is 0 Å². The zero-order valence-electron chi connectivity index (χ0n) is 16.1. The van der Waals surface area contributed by atoms with Crippen LogP contribution < -0.4 is 10.8 Å². The van der Waals surface area contributed by atoms with Gasteiger partial charge in [0.1, 0.15) is 42.3 Å². The Hall–Kier alpha value is -2.59. The SMILES string of the molecule is COC(=O)[C@H](C)N[PH](=O)OC[C@H]1O[C@@](C#N)(c2ccc3c(N)ncnn23)[C@H](O)[C@@H]1O. The third-order valence-corrected chi connectivity index (χ3v) is 5.85. The predicted octanol–water partition coefficient (Wildman–Crippen LogP) is -1.29. The second-order valence-electron chi connectivity index (χ2n) is 6.59. The number of hydrogen-bond acceptors (Lipinski definition) is 11. The molecule has 2 aromatic heterocycles. The van der Waals surface area contributed by atoms with Crippen molar-refractivity contribution in [2.75, 3.05) is 19.5 Å². The van der Waals surface area contributed by atoms with E-state index in [1.165, 1.54) is 30.9 Å². The summed E-state index contributed by atoms with van der Waals surface area (Å²) in [5.74, 6) is -0.476. The van der Waals surface area contributed by atoms with E-state index >= 15 is 0 Å². The standard InChI is InChI=1S/C16H21N6O7P/c1-8(15(25)27-2)21-30(26)28-5-10-12(23)13(24)16(6-17,29-10)11-4-3-9-14(18)19-7-20-22(9)11/h3-4,7-8,10,12-13,23-24,30H,5H2,1-2H3,(H,21,26)(H2,18,19,20)/t8-,10+,12+,13+,16-/m0/s1. The largest absolute Gasteiger partial charge is 0.468 e. The molecule has 0 aromatic carbocycles. The van der Waals surface area contributed by atoms with E-state index in [9.17, 15) is 24.8 Å². The van der Waals surface area contributed by atoms with Gasteiger partial charge in [-0.1, -0.05) is 0 Å². The summed E-state index contributed by atoms with van der Waals surface area (Å²) < 4.78 is 28.7. The van der Waals surface area contributed by atoms with Gasteiger partial charge in [0.2, 0.25) is 5.60 Å². The summed E-state index contributed by atoms with van der Waals surface area (Å²) >= 11 is 0. The van der Waals surface area contributed by atoms with E-state index in [0.717, 1.165) is 0 Å². The van der Waals surface area contributed by atoms with Gasteiger partial charge in [0.25, 0.3) is 8.18 Å². The highest BCUT2D eigenvalue weighted by molar-refractivity contribution is 7.36. The molecule has 1 saturated heterocycles. The minimum absolute atomic E-state index is 0.133. The van der Waals surface area contributed by atoms with Gasteiger partial charge in [-0.2, -0.15) is 10.4 Å². The minimum atomic E-state index is -2.91. The molecule has 13 nitrogen and oxygen atoms in total. The Morgan fingerprint density at radius 3 is 2.97 bits per heavy atom. The smallest absolute Gasteiger partial charge is 0.322 e. The first-order valence-corrected chi connectivity index (χ1v) is 10.1. The van der Waals surface area contributed by atoms with Crippen LogP contribution in [0.1, 0.15) is 12.6 Å². The van der Waals surface area contributed by atoms with Crippen molar-refractivity contribution < 1.29 is 33.6 Å². The van der Waals surface area contributed by atoms with Crippen LogP contribution in [0, 0.1) is 11.3 Å². The van der Waals surface area contributed by atoms with Gasteiger partial charge in [0, 0.05) is 0 Å². The Morgan fingerprint density at radius 1 is 1.57 bits per heavy atom. The van der Waals surface area contributed by atoms with Crippen molar-refractivity contribution in [1.82, 2.24) is 19.7 Å². The zero-order chi connectivity index (χ0) is 22.1. The lowest BCUT2D eigenvalue weighted by Crippen LogP contribution is -2.41. The summed E-state index contributed by atoms with van der Waals surface area (Å²) in [5.41, 5.74) is 4.33. The molecule has 0 bridgehead atoms. The Balaban J connectivity index is 1.78. The number of hydrogen-bond donors (Lipinski definition) is 4. The zero-order valence-corrected chi connectivity index (χ0v) is 17.1. The van der Waals surface area contributed by atoms with Crippen LogP contribution >= 0.6 is 8.18 Å². The third-order valence-electron chi connectivity index (χ3n) is 4.75. The molecule has 0 radical (unpaired) electrons. The number of aliphatic hydroxyl groups is 2. The van der Waals surface area contributed by atoms with Gasteiger partial charge in [0.15, 0.2) is 5.82 Å². The van der Waals surface area contributed by atoms with E-state index in [2.05, 4.69) is 19.9 Å². The van der Waals surface area contributed by atoms with E-state index < -0.39 is 50.7 Å². The molecule has 1 fully saturated rings. The number of nitrogens with zero attached hydrogens (tertiary/aromatic N) is 4. The summed E-state index contributed by atoms with van der Waals surface area (Å²) in [7, 11) is -1.72. The molecular weight excluding hydrogens is 419 g/mol. The maximum absolute atomic E-state index is 12.0. The molecule has 162 valence electrons. The minimum Gasteiger partial charge on any atom is -0.468 e. The number of aromatic nitrogens is 3. The number of carbonyl (C=O) groups is 1. The number of anilines is 1. The van der Waals surface area contributed by atoms with Gasteiger partial charge in [-0.15, -0.1) is 0 Å². The first-order valence-electron chi connectivity index (χ1n) is 8.80. The molecule has 30 heavy (non-hydrogen) atoms. The predicted molar refractivity (Wildman–Crippen MR) is 101 cm³/mol. The van der Waals surface area contributed by atoms with E-state index in [0.29, 0.717) is 5.52 Å². The van der Waals surface area contributed by atoms with Crippen LogP contribution in [-0.4, -0.2) is 68.9 Å². The lowest BCUT2D eigenvalue weighted by atomic mass is 9.92. The number of aliphatic hydroxyl groups excluding tert-OH is 2. The molecule has 14 heteroatoms. The van der Waals surface area contributed by atoms with Crippen molar-refractivity contribution >= 4 is 25.5 Å². The summed E-state index contributed by atoms with van der Waals surface area (Å²) in [5, 5.41) is 37.3. The van der Waals surface area contributed by atoms with Crippen LogP contribution in [0.15, 0.2) is 18.5 Å². The number of methoxy groups -OCH3 is 1. The number of carbonyl (C=O) groups excluding carboxylic acids is 1. The third kappa shape index (κ3) is 3.77. The number of nitrogen functional groups attached to an aromatic ring is 1. The summed E-state index contributed by atoms with van der Waals surface area (Å²) in [6, 6.07) is 4.04. The quantitative estimate of drug-likeness (QED) is 0.294. The molecule has 5 N–H and O–H groups in total. The molecule has 1 aliphatic heterocycles. The van der Waals surface area contributed by atoms with E-state index in [1.807, 2.05) is 6.07 Å². The first-order chi connectivity index (χ1) is 14.2. The molecule has 0 spiro atoms. The highest BCUT2D eigenvalue weighted by Crippen LogP contribution is 2.41. The fraction of sp³-hybridized carbons (Fsp3) is 0.500. The average Bonchev–Trinajstić information content (AvgIpc) is 3.27. The van der Waals surface area contributed by atoms with Gasteiger partial charge in [-0.05, 0) is 19.1 Å². The number of esters is 1. The molecule has 0 amide bonds. The molecule has 3 heterocycles. The van der Waals surface area contributed by atoms with E-state index in [1.54, 1.807) is 6.07 Å². The molecule has 6 atom stereocenters. The average molecular weight is 440 g/mol. The van der Waals surface area contributed by atoms with Gasteiger partial charge < -0.3 is 29.9 Å². The first kappa shape index (κ1) is 22.1. The lowest BCUT2D eigenvalue weighted by Gasteiger charge is -2.24. The number of rotatable bonds is 7. The fourth-order valence-electron chi connectivity index (χ4n) is 3.16. The molecule has 0 saturated carbocycles. The number of fused-ring (bicyclic) bond motifs is 1.